The normalized spacial score (nSPS) is 18.2. The monoisotopic (exact) mass is 974 g/mol. The van der Waals surface area contributed by atoms with Gasteiger partial charge >= 0.3 is 0 Å². The summed E-state index contributed by atoms with van der Waals surface area (Å²) in [7, 11) is 0. The van der Waals surface area contributed by atoms with Gasteiger partial charge in [-0.25, -0.2) is 0 Å². The summed E-state index contributed by atoms with van der Waals surface area (Å²) in [6.45, 7) is 25.9. The van der Waals surface area contributed by atoms with Crippen molar-refractivity contribution >= 4 is 68.6 Å². The Hall–Kier alpha value is -7.56. The summed E-state index contributed by atoms with van der Waals surface area (Å²) in [6.07, 6.45) is 2.16. The molecule has 0 fully saturated rings. The predicted octanol–water partition coefficient (Wildman–Crippen LogP) is 16.9. The second-order valence-electron chi connectivity index (χ2n) is 24.7. The molecule has 0 radical (unpaired) electrons. The summed E-state index contributed by atoms with van der Waals surface area (Å²) in [5.74, 6) is 0. The molecule has 9 aromatic carbocycles. The maximum Gasteiger partial charge on any atom is 0.252 e. The second kappa shape index (κ2) is 16.7. The Kier molecular flexibility index (Phi) is 10.5. The van der Waals surface area contributed by atoms with Crippen molar-refractivity contribution in [3.05, 3.63) is 233 Å². The Morgan fingerprint density at radius 1 is 0.453 bits per heavy atom. The van der Waals surface area contributed by atoms with Gasteiger partial charge in [0, 0.05) is 50.8 Å². The van der Waals surface area contributed by atoms with Crippen molar-refractivity contribution in [2.45, 2.75) is 111 Å². The molecule has 13 rings (SSSR count). The number of anilines is 8. The third-order valence-electron chi connectivity index (χ3n) is 18.0. The van der Waals surface area contributed by atoms with E-state index >= 15 is 0 Å². The van der Waals surface area contributed by atoms with Crippen molar-refractivity contribution in [3.63, 3.8) is 0 Å². The minimum Gasteiger partial charge on any atom is -0.330 e. The Balaban J connectivity index is 1.11. The fourth-order valence-electron chi connectivity index (χ4n) is 14.0. The highest BCUT2D eigenvalue weighted by atomic mass is 15.3. The maximum atomic E-state index is 2.77. The SMILES string of the molecule is Cc1cc2c3c(c1)N(c1ccc(C(C)(C)C)cc1-c1ccccc1)c1ccc(-c4ccccc4)cc1B3c1ccc(N3c4c(C)cc(C)cc4C4(C)CCc5ccccc5C34C)cc1N2c1ccc(C(C)(C)C)cc1. The van der Waals surface area contributed by atoms with Gasteiger partial charge in [0.05, 0.1) is 11.2 Å². The molecule has 3 heterocycles. The highest BCUT2D eigenvalue weighted by Crippen LogP contribution is 2.65. The maximum absolute atomic E-state index is 2.77. The highest BCUT2D eigenvalue weighted by molar-refractivity contribution is 7.00. The molecule has 1 aliphatic carbocycles. The van der Waals surface area contributed by atoms with Crippen LogP contribution in [-0.2, 0) is 28.2 Å². The summed E-state index contributed by atoms with van der Waals surface area (Å²) >= 11 is 0. The van der Waals surface area contributed by atoms with Crippen LogP contribution < -0.4 is 31.1 Å². The highest BCUT2D eigenvalue weighted by Gasteiger charge is 2.60. The van der Waals surface area contributed by atoms with Gasteiger partial charge in [-0.05, 0) is 178 Å². The molecule has 4 heteroatoms. The second-order valence-corrected chi connectivity index (χ2v) is 24.7. The minimum absolute atomic E-state index is 0.0104. The van der Waals surface area contributed by atoms with Crippen molar-refractivity contribution in [3.8, 4) is 22.3 Å². The number of aryl methyl sites for hydroxylation is 4. The molecule has 2 atom stereocenters. The van der Waals surface area contributed by atoms with Gasteiger partial charge in [0.2, 0.25) is 0 Å². The van der Waals surface area contributed by atoms with E-state index in [0.29, 0.717) is 0 Å². The van der Waals surface area contributed by atoms with Gasteiger partial charge < -0.3 is 14.7 Å². The number of benzene rings is 9. The van der Waals surface area contributed by atoms with Crippen molar-refractivity contribution in [2.24, 2.45) is 0 Å². The summed E-state index contributed by atoms with van der Waals surface area (Å²) in [6, 6.07) is 72.6. The standard InChI is InChI=1S/C71H68BN3/c1-45-38-47(3)67-58(39-45)70(10)37-36-50-24-18-19-25-57(50)71(70,11)75(67)55-32-33-59-63(44-55)73(54-30-27-52(28-31-54)68(4,5)6)64-40-46(2)41-65-66(64)72(59)60-42-51(48-20-14-12-15-21-48)26-34-62(60)74(65)61-35-29-53(69(7,8)9)43-56(61)49-22-16-13-17-23-49/h12-35,38-44H,36-37H2,1-11H3. The molecule has 0 saturated carbocycles. The zero-order valence-corrected chi connectivity index (χ0v) is 45.7. The molecule has 370 valence electrons. The van der Waals surface area contributed by atoms with Crippen LogP contribution in [0.4, 0.5) is 45.5 Å². The molecule has 0 bridgehead atoms. The van der Waals surface area contributed by atoms with Crippen LogP contribution in [0.25, 0.3) is 22.3 Å². The van der Waals surface area contributed by atoms with Crippen LogP contribution >= 0.6 is 0 Å². The largest absolute Gasteiger partial charge is 0.330 e. The van der Waals surface area contributed by atoms with Gasteiger partial charge in [-0.2, -0.15) is 0 Å². The third kappa shape index (κ3) is 7.08. The van der Waals surface area contributed by atoms with Gasteiger partial charge in [0.25, 0.3) is 6.71 Å². The van der Waals surface area contributed by atoms with Gasteiger partial charge in [0.15, 0.2) is 0 Å². The summed E-state index contributed by atoms with van der Waals surface area (Å²) in [4.78, 5) is 7.99. The van der Waals surface area contributed by atoms with Gasteiger partial charge in [0.1, 0.15) is 0 Å². The molecule has 9 aromatic rings. The fraction of sp³-hybridized carbons (Fsp3) is 0.239. The lowest BCUT2D eigenvalue weighted by Crippen LogP contribution is -2.61. The van der Waals surface area contributed by atoms with Gasteiger partial charge in [-0.1, -0.05) is 187 Å². The van der Waals surface area contributed by atoms with E-state index in [0.717, 1.165) is 18.5 Å². The third-order valence-corrected chi connectivity index (χ3v) is 18.0. The first-order valence-electron chi connectivity index (χ1n) is 27.3. The lowest BCUT2D eigenvalue weighted by Gasteiger charge is -2.51. The number of hydrogen-bond acceptors (Lipinski definition) is 3. The topological polar surface area (TPSA) is 9.72 Å². The molecule has 3 nitrogen and oxygen atoms in total. The van der Waals surface area contributed by atoms with Crippen LogP contribution in [0.15, 0.2) is 188 Å². The summed E-state index contributed by atoms with van der Waals surface area (Å²) in [5.41, 5.74) is 29.0. The molecule has 75 heavy (non-hydrogen) atoms. The van der Waals surface area contributed by atoms with Crippen LogP contribution in [0, 0.1) is 20.8 Å². The van der Waals surface area contributed by atoms with E-state index in [2.05, 4.69) is 279 Å². The van der Waals surface area contributed by atoms with E-state index in [1.165, 1.54) is 123 Å². The smallest absolute Gasteiger partial charge is 0.252 e. The Morgan fingerprint density at radius 3 is 1.77 bits per heavy atom. The molecule has 3 aliphatic heterocycles. The minimum atomic E-state index is -0.339. The summed E-state index contributed by atoms with van der Waals surface area (Å²) < 4.78 is 0. The van der Waals surface area contributed by atoms with Crippen LogP contribution in [0.5, 0.6) is 0 Å². The quantitative estimate of drug-likeness (QED) is 0.159. The molecule has 0 spiro atoms. The van der Waals surface area contributed by atoms with Crippen molar-refractivity contribution in [1.82, 2.24) is 0 Å². The van der Waals surface area contributed by atoms with E-state index in [9.17, 15) is 0 Å². The van der Waals surface area contributed by atoms with Gasteiger partial charge in [-0.3, -0.25) is 0 Å². The molecule has 4 aliphatic rings. The predicted molar refractivity (Wildman–Crippen MR) is 321 cm³/mol. The molecule has 0 aromatic heterocycles. The lowest BCUT2D eigenvalue weighted by molar-refractivity contribution is 0.245. The number of nitrogens with zero attached hydrogens (tertiary/aromatic N) is 3. The number of fused-ring (bicyclic) bond motifs is 9. The molecule has 0 saturated heterocycles. The fourth-order valence-corrected chi connectivity index (χ4v) is 14.0. The Labute approximate surface area is 446 Å². The molecule has 0 amide bonds. The molecule has 2 unspecified atom stereocenters. The van der Waals surface area contributed by atoms with E-state index < -0.39 is 0 Å². The average Bonchev–Trinajstić information content (AvgIpc) is 3.68. The van der Waals surface area contributed by atoms with E-state index in [1.54, 1.807) is 0 Å². The Morgan fingerprint density at radius 2 is 1.07 bits per heavy atom. The first-order chi connectivity index (χ1) is 35.9. The average molecular weight is 974 g/mol. The summed E-state index contributed by atoms with van der Waals surface area (Å²) in [5, 5.41) is 0. The zero-order valence-electron chi connectivity index (χ0n) is 45.7. The van der Waals surface area contributed by atoms with Crippen molar-refractivity contribution in [2.75, 3.05) is 14.7 Å². The molecule has 0 N–H and O–H groups in total. The van der Waals surface area contributed by atoms with E-state index in [4.69, 9.17) is 0 Å². The van der Waals surface area contributed by atoms with Crippen molar-refractivity contribution in [1.29, 1.82) is 0 Å². The van der Waals surface area contributed by atoms with Gasteiger partial charge in [-0.15, -0.1) is 0 Å². The van der Waals surface area contributed by atoms with Crippen LogP contribution in [0.3, 0.4) is 0 Å². The number of hydrogen-bond donors (Lipinski definition) is 0. The van der Waals surface area contributed by atoms with Crippen LogP contribution in [0.1, 0.15) is 106 Å². The van der Waals surface area contributed by atoms with Crippen LogP contribution in [0.2, 0.25) is 0 Å². The van der Waals surface area contributed by atoms with E-state index in [1.807, 2.05) is 0 Å². The Bertz CT molecular complexity index is 3770. The first-order valence-corrected chi connectivity index (χ1v) is 27.3. The number of rotatable bonds is 5. The first kappa shape index (κ1) is 47.2. The lowest BCUT2D eigenvalue weighted by atomic mass is 9.33. The molecular weight excluding hydrogens is 906 g/mol. The van der Waals surface area contributed by atoms with Crippen LogP contribution in [-0.4, -0.2) is 6.71 Å². The van der Waals surface area contributed by atoms with E-state index in [-0.39, 0.29) is 28.5 Å². The molecular formula is C71H68BN3. The zero-order chi connectivity index (χ0) is 51.9. The van der Waals surface area contributed by atoms with Crippen molar-refractivity contribution < 1.29 is 0 Å².